The molecule has 0 radical (unpaired) electrons. The molecule has 4 rings (SSSR count). The van der Waals surface area contributed by atoms with E-state index in [1.165, 1.54) is 23.4 Å². The monoisotopic (exact) mass is 380 g/mol. The van der Waals surface area contributed by atoms with Crippen LogP contribution < -0.4 is 5.56 Å². The maximum absolute atomic E-state index is 12.5. The molecule has 0 saturated carbocycles. The van der Waals surface area contributed by atoms with E-state index in [1.807, 2.05) is 34.7 Å². The van der Waals surface area contributed by atoms with Gasteiger partial charge in [-0.1, -0.05) is 36.0 Å². The summed E-state index contributed by atoms with van der Waals surface area (Å²) in [4.78, 5) is 24.0. The van der Waals surface area contributed by atoms with E-state index >= 15 is 0 Å². The van der Waals surface area contributed by atoms with E-state index < -0.39 is 0 Å². The van der Waals surface area contributed by atoms with Crippen LogP contribution >= 0.6 is 11.8 Å². The van der Waals surface area contributed by atoms with Crippen molar-refractivity contribution in [3.8, 4) is 0 Å². The van der Waals surface area contributed by atoms with Crippen molar-refractivity contribution in [1.82, 2.24) is 19.2 Å². The first-order chi connectivity index (χ1) is 13.1. The normalized spacial score (nSPS) is 11.2. The number of carbonyl (C=O) groups is 1. The van der Waals surface area contributed by atoms with Gasteiger partial charge >= 0.3 is 5.97 Å². The molecule has 0 N–H and O–H groups in total. The SMILES string of the molecule is COC(=O)c1ccc(CSc2nnc3n(C)c(=O)c4ccccc4n23)cc1. The van der Waals surface area contributed by atoms with Crippen LogP contribution in [0, 0.1) is 0 Å². The van der Waals surface area contributed by atoms with Crippen LogP contribution in [0.15, 0.2) is 58.5 Å². The Balaban J connectivity index is 1.69. The Hall–Kier alpha value is -3.13. The minimum atomic E-state index is -0.356. The molecular weight excluding hydrogens is 364 g/mol. The summed E-state index contributed by atoms with van der Waals surface area (Å²) in [6.07, 6.45) is 0. The molecule has 0 aliphatic heterocycles. The first-order valence-electron chi connectivity index (χ1n) is 8.23. The second-order valence-electron chi connectivity index (χ2n) is 5.98. The molecular formula is C19H16N4O3S. The number of esters is 1. The van der Waals surface area contributed by atoms with Gasteiger partial charge in [-0.05, 0) is 29.8 Å². The second kappa shape index (κ2) is 6.88. The number of hydrogen-bond donors (Lipinski definition) is 0. The van der Waals surface area contributed by atoms with Gasteiger partial charge in [-0.25, -0.2) is 4.79 Å². The fourth-order valence-corrected chi connectivity index (χ4v) is 3.80. The summed E-state index contributed by atoms with van der Waals surface area (Å²) < 4.78 is 8.11. The van der Waals surface area contributed by atoms with Gasteiger partial charge in [0.2, 0.25) is 5.78 Å². The molecule has 0 amide bonds. The Morgan fingerprint density at radius 3 is 2.59 bits per heavy atom. The van der Waals surface area contributed by atoms with Crippen molar-refractivity contribution >= 4 is 34.4 Å². The zero-order valence-electron chi connectivity index (χ0n) is 14.7. The van der Waals surface area contributed by atoms with Crippen LogP contribution in [0.2, 0.25) is 0 Å². The Kier molecular flexibility index (Phi) is 4.41. The van der Waals surface area contributed by atoms with Crippen molar-refractivity contribution in [2.24, 2.45) is 7.05 Å². The second-order valence-corrected chi connectivity index (χ2v) is 6.92. The molecule has 136 valence electrons. The molecule has 27 heavy (non-hydrogen) atoms. The summed E-state index contributed by atoms with van der Waals surface area (Å²) in [6, 6.07) is 14.7. The number of para-hydroxylation sites is 1. The number of carbonyl (C=O) groups excluding carboxylic acids is 1. The number of benzene rings is 2. The van der Waals surface area contributed by atoms with Gasteiger partial charge in [0.05, 0.1) is 23.6 Å². The van der Waals surface area contributed by atoms with E-state index in [2.05, 4.69) is 10.2 Å². The van der Waals surface area contributed by atoms with E-state index in [1.54, 1.807) is 25.2 Å². The smallest absolute Gasteiger partial charge is 0.337 e. The number of aromatic nitrogens is 4. The molecule has 0 aliphatic carbocycles. The fraction of sp³-hybridized carbons (Fsp3) is 0.158. The highest BCUT2D eigenvalue weighted by atomic mass is 32.2. The largest absolute Gasteiger partial charge is 0.465 e. The molecule has 0 unspecified atom stereocenters. The Bertz CT molecular complexity index is 1210. The molecule has 2 aromatic heterocycles. The zero-order chi connectivity index (χ0) is 19.0. The van der Waals surface area contributed by atoms with Crippen LogP contribution in [-0.4, -0.2) is 32.2 Å². The van der Waals surface area contributed by atoms with Gasteiger partial charge < -0.3 is 4.74 Å². The number of rotatable bonds is 4. The Morgan fingerprint density at radius 2 is 1.85 bits per heavy atom. The molecule has 0 aliphatic rings. The van der Waals surface area contributed by atoms with Crippen molar-refractivity contribution in [3.05, 3.63) is 70.0 Å². The molecule has 0 spiro atoms. The van der Waals surface area contributed by atoms with Gasteiger partial charge in [-0.3, -0.25) is 13.8 Å². The topological polar surface area (TPSA) is 78.5 Å². The molecule has 4 aromatic rings. The molecule has 2 heterocycles. The predicted octanol–water partition coefficient (Wildman–Crippen LogP) is 2.66. The van der Waals surface area contributed by atoms with Crippen molar-refractivity contribution in [1.29, 1.82) is 0 Å². The average Bonchev–Trinajstić information content (AvgIpc) is 3.14. The van der Waals surface area contributed by atoms with Crippen LogP contribution in [0.25, 0.3) is 16.7 Å². The van der Waals surface area contributed by atoms with Crippen LogP contribution in [-0.2, 0) is 17.5 Å². The molecule has 8 heteroatoms. The molecule has 0 bridgehead atoms. The van der Waals surface area contributed by atoms with Gasteiger partial charge in [0, 0.05) is 12.8 Å². The highest BCUT2D eigenvalue weighted by molar-refractivity contribution is 7.98. The number of ether oxygens (including phenoxy) is 1. The molecule has 0 atom stereocenters. The number of fused-ring (bicyclic) bond motifs is 3. The summed E-state index contributed by atoms with van der Waals surface area (Å²) in [6.45, 7) is 0. The summed E-state index contributed by atoms with van der Waals surface area (Å²) in [5, 5.41) is 9.77. The maximum Gasteiger partial charge on any atom is 0.337 e. The van der Waals surface area contributed by atoms with Crippen molar-refractivity contribution < 1.29 is 9.53 Å². The maximum atomic E-state index is 12.5. The van der Waals surface area contributed by atoms with Crippen molar-refractivity contribution in [3.63, 3.8) is 0 Å². The highest BCUT2D eigenvalue weighted by Crippen LogP contribution is 2.24. The lowest BCUT2D eigenvalue weighted by Crippen LogP contribution is -2.20. The van der Waals surface area contributed by atoms with E-state index in [0.29, 0.717) is 27.6 Å². The minimum absolute atomic E-state index is 0.0968. The van der Waals surface area contributed by atoms with Gasteiger partial charge in [0.1, 0.15) is 0 Å². The predicted molar refractivity (Wildman–Crippen MR) is 103 cm³/mol. The summed E-state index contributed by atoms with van der Waals surface area (Å²) in [5.41, 5.74) is 2.24. The number of nitrogens with zero attached hydrogens (tertiary/aromatic N) is 4. The van der Waals surface area contributed by atoms with E-state index in [-0.39, 0.29) is 11.5 Å². The number of aryl methyl sites for hydroxylation is 1. The first-order valence-corrected chi connectivity index (χ1v) is 9.21. The molecule has 0 fully saturated rings. The molecule has 7 nitrogen and oxygen atoms in total. The molecule has 2 aromatic carbocycles. The van der Waals surface area contributed by atoms with Crippen LogP contribution in [0.1, 0.15) is 15.9 Å². The number of hydrogen-bond acceptors (Lipinski definition) is 6. The highest BCUT2D eigenvalue weighted by Gasteiger charge is 2.15. The number of thioether (sulfide) groups is 1. The standard InChI is InChI=1S/C19H16N4O3S/c1-22-16(24)14-5-3-4-6-15(14)23-18(22)20-21-19(23)27-11-12-7-9-13(10-8-12)17(25)26-2/h3-10H,11H2,1-2H3. The van der Waals surface area contributed by atoms with Crippen molar-refractivity contribution in [2.75, 3.05) is 7.11 Å². The number of methoxy groups -OCH3 is 1. The van der Waals surface area contributed by atoms with Gasteiger partial charge in [0.15, 0.2) is 5.16 Å². The lowest BCUT2D eigenvalue weighted by Gasteiger charge is -2.07. The first kappa shape index (κ1) is 17.3. The lowest BCUT2D eigenvalue weighted by atomic mass is 10.1. The van der Waals surface area contributed by atoms with Crippen LogP contribution in [0.5, 0.6) is 0 Å². The third kappa shape index (κ3) is 2.97. The van der Waals surface area contributed by atoms with Gasteiger partial charge in [-0.2, -0.15) is 0 Å². The van der Waals surface area contributed by atoms with Gasteiger partial charge in [0.25, 0.3) is 5.56 Å². The van der Waals surface area contributed by atoms with Gasteiger partial charge in [-0.15, -0.1) is 10.2 Å². The average molecular weight is 380 g/mol. The Labute approximate surface area is 158 Å². The van der Waals surface area contributed by atoms with E-state index in [0.717, 1.165) is 11.1 Å². The molecule has 0 saturated heterocycles. The van der Waals surface area contributed by atoms with E-state index in [4.69, 9.17) is 4.74 Å². The third-order valence-corrected chi connectivity index (χ3v) is 5.34. The zero-order valence-corrected chi connectivity index (χ0v) is 15.6. The van der Waals surface area contributed by atoms with E-state index in [9.17, 15) is 9.59 Å². The summed E-state index contributed by atoms with van der Waals surface area (Å²) >= 11 is 1.52. The van der Waals surface area contributed by atoms with Crippen molar-refractivity contribution in [2.45, 2.75) is 10.9 Å². The van der Waals surface area contributed by atoms with Crippen LogP contribution in [0.4, 0.5) is 0 Å². The minimum Gasteiger partial charge on any atom is -0.465 e. The van der Waals surface area contributed by atoms with Crippen LogP contribution in [0.3, 0.4) is 0 Å². The fourth-order valence-electron chi connectivity index (χ4n) is 2.91. The Morgan fingerprint density at radius 1 is 1.11 bits per heavy atom. The third-order valence-electron chi connectivity index (χ3n) is 4.34. The lowest BCUT2D eigenvalue weighted by molar-refractivity contribution is 0.0600. The summed E-state index contributed by atoms with van der Waals surface area (Å²) in [7, 11) is 3.05. The quantitative estimate of drug-likeness (QED) is 0.400. The summed E-state index contributed by atoms with van der Waals surface area (Å²) in [5.74, 6) is 0.798.